The molecule has 1 atom stereocenters. The number of fused-ring (bicyclic) bond motifs is 1. The van der Waals surface area contributed by atoms with Crippen LogP contribution in [0.4, 0.5) is 0 Å². The fourth-order valence-corrected chi connectivity index (χ4v) is 3.05. The molecule has 5 nitrogen and oxygen atoms in total. The van der Waals surface area contributed by atoms with Gasteiger partial charge in [-0.3, -0.25) is 0 Å². The number of rotatable bonds is 4. The van der Waals surface area contributed by atoms with Crippen molar-refractivity contribution in [3.05, 3.63) is 29.8 Å². The number of nitrogens with zero attached hydrogens (tertiary/aromatic N) is 3. The molecule has 0 radical (unpaired) electrons. The lowest BCUT2D eigenvalue weighted by molar-refractivity contribution is 0.254. The molecule has 1 aliphatic rings. The minimum atomic E-state index is 0.257. The topological polar surface area (TPSA) is 66.5 Å². The minimum absolute atomic E-state index is 0.257. The summed E-state index contributed by atoms with van der Waals surface area (Å²) in [4.78, 5) is 16.6. The third-order valence-electron chi connectivity index (χ3n) is 4.03. The second-order valence-corrected chi connectivity index (χ2v) is 6.59. The molecule has 112 valence electrons. The SMILES string of the molecule is CCCNC1CC(C)(C)Cc2nc(-c3ncc[nH]3)ncc21. The summed E-state index contributed by atoms with van der Waals surface area (Å²) >= 11 is 0. The van der Waals surface area contributed by atoms with Gasteiger partial charge in [0.1, 0.15) is 0 Å². The second kappa shape index (κ2) is 5.56. The van der Waals surface area contributed by atoms with Gasteiger partial charge >= 0.3 is 0 Å². The Bertz CT molecular complexity index is 603. The van der Waals surface area contributed by atoms with Crippen molar-refractivity contribution in [2.24, 2.45) is 5.41 Å². The van der Waals surface area contributed by atoms with Crippen molar-refractivity contribution in [2.75, 3.05) is 6.54 Å². The van der Waals surface area contributed by atoms with Gasteiger partial charge in [-0.2, -0.15) is 0 Å². The Morgan fingerprint density at radius 1 is 1.38 bits per heavy atom. The highest BCUT2D eigenvalue weighted by Gasteiger charge is 2.33. The van der Waals surface area contributed by atoms with E-state index in [4.69, 9.17) is 4.98 Å². The molecular weight excluding hydrogens is 262 g/mol. The predicted octanol–water partition coefficient (Wildman–Crippen LogP) is 2.88. The molecule has 2 aromatic rings. The van der Waals surface area contributed by atoms with Gasteiger partial charge in [0.15, 0.2) is 11.6 Å². The highest BCUT2D eigenvalue weighted by Crippen LogP contribution is 2.40. The zero-order chi connectivity index (χ0) is 14.9. The van der Waals surface area contributed by atoms with Crippen molar-refractivity contribution in [1.29, 1.82) is 0 Å². The number of aromatic nitrogens is 4. The van der Waals surface area contributed by atoms with Crippen molar-refractivity contribution in [3.63, 3.8) is 0 Å². The molecule has 2 aromatic heterocycles. The molecule has 0 aliphatic heterocycles. The van der Waals surface area contributed by atoms with Crippen LogP contribution < -0.4 is 5.32 Å². The number of hydrogen-bond acceptors (Lipinski definition) is 4. The highest BCUT2D eigenvalue weighted by atomic mass is 15.0. The van der Waals surface area contributed by atoms with Crippen molar-refractivity contribution in [2.45, 2.75) is 46.1 Å². The predicted molar refractivity (Wildman–Crippen MR) is 82.8 cm³/mol. The lowest BCUT2D eigenvalue weighted by atomic mass is 9.74. The Hall–Kier alpha value is -1.75. The molecule has 0 fully saturated rings. The van der Waals surface area contributed by atoms with E-state index in [1.165, 1.54) is 5.56 Å². The molecule has 1 unspecified atom stereocenters. The Balaban J connectivity index is 1.96. The van der Waals surface area contributed by atoms with Crippen molar-refractivity contribution in [1.82, 2.24) is 25.3 Å². The first-order chi connectivity index (χ1) is 10.1. The van der Waals surface area contributed by atoms with Crippen molar-refractivity contribution < 1.29 is 0 Å². The summed E-state index contributed by atoms with van der Waals surface area (Å²) in [5, 5.41) is 3.63. The summed E-state index contributed by atoms with van der Waals surface area (Å²) in [7, 11) is 0. The lowest BCUT2D eigenvalue weighted by Gasteiger charge is -2.36. The van der Waals surface area contributed by atoms with Gasteiger partial charge < -0.3 is 10.3 Å². The Labute approximate surface area is 125 Å². The van der Waals surface area contributed by atoms with Crippen LogP contribution in [0.15, 0.2) is 18.6 Å². The van der Waals surface area contributed by atoms with Gasteiger partial charge in [0.2, 0.25) is 0 Å². The molecule has 0 bridgehead atoms. The van der Waals surface area contributed by atoms with E-state index in [0.29, 0.717) is 11.9 Å². The van der Waals surface area contributed by atoms with E-state index in [0.717, 1.165) is 37.3 Å². The van der Waals surface area contributed by atoms with E-state index in [1.54, 1.807) is 12.4 Å². The number of aromatic amines is 1. The molecule has 2 N–H and O–H groups in total. The van der Waals surface area contributed by atoms with E-state index >= 15 is 0 Å². The van der Waals surface area contributed by atoms with E-state index in [1.807, 2.05) is 6.20 Å². The first-order valence-corrected chi connectivity index (χ1v) is 7.68. The summed E-state index contributed by atoms with van der Waals surface area (Å²) in [5.41, 5.74) is 2.66. The zero-order valence-corrected chi connectivity index (χ0v) is 13.0. The maximum atomic E-state index is 4.76. The summed E-state index contributed by atoms with van der Waals surface area (Å²) in [5.74, 6) is 1.42. The Morgan fingerprint density at radius 3 is 2.95 bits per heavy atom. The van der Waals surface area contributed by atoms with E-state index < -0.39 is 0 Å². The normalized spacial score (nSPS) is 20.2. The number of hydrogen-bond donors (Lipinski definition) is 2. The first kappa shape index (κ1) is 14.2. The van der Waals surface area contributed by atoms with E-state index in [2.05, 4.69) is 41.0 Å². The van der Waals surface area contributed by atoms with Gasteiger partial charge in [0, 0.05) is 35.9 Å². The van der Waals surface area contributed by atoms with Crippen LogP contribution in [0.5, 0.6) is 0 Å². The fourth-order valence-electron chi connectivity index (χ4n) is 3.05. The van der Waals surface area contributed by atoms with Crippen LogP contribution in [-0.2, 0) is 6.42 Å². The summed E-state index contributed by atoms with van der Waals surface area (Å²) in [6, 6.07) is 0.356. The van der Waals surface area contributed by atoms with Gasteiger partial charge in [-0.05, 0) is 31.2 Å². The monoisotopic (exact) mass is 285 g/mol. The van der Waals surface area contributed by atoms with Crippen LogP contribution >= 0.6 is 0 Å². The molecule has 21 heavy (non-hydrogen) atoms. The smallest absolute Gasteiger partial charge is 0.195 e. The average molecular weight is 285 g/mol. The van der Waals surface area contributed by atoms with Gasteiger partial charge in [-0.15, -0.1) is 0 Å². The van der Waals surface area contributed by atoms with Gasteiger partial charge in [0.05, 0.1) is 0 Å². The Morgan fingerprint density at radius 2 is 2.24 bits per heavy atom. The minimum Gasteiger partial charge on any atom is -0.342 e. The molecular formula is C16H23N5. The fraction of sp³-hybridized carbons (Fsp3) is 0.562. The second-order valence-electron chi connectivity index (χ2n) is 6.59. The molecule has 0 saturated heterocycles. The average Bonchev–Trinajstić information content (AvgIpc) is 2.97. The van der Waals surface area contributed by atoms with Gasteiger partial charge in [-0.25, -0.2) is 15.0 Å². The summed E-state index contributed by atoms with van der Waals surface area (Å²) < 4.78 is 0. The van der Waals surface area contributed by atoms with Gasteiger partial charge in [-0.1, -0.05) is 20.8 Å². The molecule has 1 aliphatic carbocycles. The number of imidazole rings is 1. The van der Waals surface area contributed by atoms with Crippen molar-refractivity contribution in [3.8, 4) is 11.6 Å². The molecule has 2 heterocycles. The third kappa shape index (κ3) is 2.97. The van der Waals surface area contributed by atoms with E-state index in [-0.39, 0.29) is 5.41 Å². The van der Waals surface area contributed by atoms with Crippen molar-refractivity contribution >= 4 is 0 Å². The largest absolute Gasteiger partial charge is 0.342 e. The van der Waals surface area contributed by atoms with Crippen LogP contribution in [-0.4, -0.2) is 26.5 Å². The molecule has 0 saturated carbocycles. The summed E-state index contributed by atoms with van der Waals surface area (Å²) in [6.45, 7) is 7.84. The van der Waals surface area contributed by atoms with Gasteiger partial charge in [0.25, 0.3) is 0 Å². The molecule has 0 amide bonds. The lowest BCUT2D eigenvalue weighted by Crippen LogP contribution is -2.34. The van der Waals surface area contributed by atoms with Crippen LogP contribution in [0.25, 0.3) is 11.6 Å². The molecule has 5 heteroatoms. The van der Waals surface area contributed by atoms with Crippen LogP contribution in [0.3, 0.4) is 0 Å². The maximum Gasteiger partial charge on any atom is 0.195 e. The van der Waals surface area contributed by atoms with Crippen LogP contribution in [0.2, 0.25) is 0 Å². The molecule has 3 rings (SSSR count). The highest BCUT2D eigenvalue weighted by molar-refractivity contribution is 5.44. The van der Waals surface area contributed by atoms with Crippen LogP contribution in [0.1, 0.15) is 50.9 Å². The standard InChI is InChI=1S/C16H23N5/c1-4-5-17-12-8-16(2,3)9-13-11(12)10-20-15(21-13)14-18-6-7-19-14/h6-7,10,12,17H,4-5,8-9H2,1-3H3,(H,18,19). The third-order valence-corrected chi connectivity index (χ3v) is 4.03. The first-order valence-electron chi connectivity index (χ1n) is 7.68. The molecule has 0 spiro atoms. The zero-order valence-electron chi connectivity index (χ0n) is 13.0. The van der Waals surface area contributed by atoms with Crippen LogP contribution in [0, 0.1) is 5.41 Å². The maximum absolute atomic E-state index is 4.76. The number of nitrogens with one attached hydrogen (secondary N) is 2. The van der Waals surface area contributed by atoms with E-state index in [9.17, 15) is 0 Å². The molecule has 0 aromatic carbocycles. The quantitative estimate of drug-likeness (QED) is 0.906. The Kier molecular flexibility index (Phi) is 3.76. The summed E-state index contributed by atoms with van der Waals surface area (Å²) in [6.07, 6.45) is 8.76. The number of H-pyrrole nitrogens is 1.